The number of aryl methyl sites for hydroxylation is 1. The Morgan fingerprint density at radius 3 is 2.71 bits per heavy atom. The van der Waals surface area contributed by atoms with Crippen molar-refractivity contribution in [2.45, 2.75) is 13.0 Å². The van der Waals surface area contributed by atoms with E-state index >= 15 is 0 Å². The van der Waals surface area contributed by atoms with Gasteiger partial charge in [-0.05, 0) is 42.1 Å². The molecule has 1 atom stereocenters. The number of rotatable bonds is 2. The number of aliphatic hydroxyl groups is 1. The first-order valence-corrected chi connectivity index (χ1v) is 5.41. The van der Waals surface area contributed by atoms with Gasteiger partial charge in [-0.15, -0.1) is 11.3 Å². The Kier molecular flexibility index (Phi) is 2.63. The van der Waals surface area contributed by atoms with Crippen LogP contribution in [0.5, 0.6) is 0 Å². The van der Waals surface area contributed by atoms with Gasteiger partial charge in [0.25, 0.3) is 0 Å². The summed E-state index contributed by atoms with van der Waals surface area (Å²) in [5.74, 6) is 0.483. The largest absolute Gasteiger partial charge is 0.447 e. The summed E-state index contributed by atoms with van der Waals surface area (Å²) in [7, 11) is 0. The van der Waals surface area contributed by atoms with E-state index in [1.54, 1.807) is 23.5 Å². The van der Waals surface area contributed by atoms with E-state index in [1.165, 1.54) is 0 Å². The zero-order valence-electron chi connectivity index (χ0n) is 7.53. The molecule has 0 bridgehead atoms. The first-order valence-electron chi connectivity index (χ1n) is 4.16. The van der Waals surface area contributed by atoms with Gasteiger partial charge in [-0.25, -0.2) is 0 Å². The van der Waals surface area contributed by atoms with Gasteiger partial charge in [0.15, 0.2) is 5.22 Å². The summed E-state index contributed by atoms with van der Waals surface area (Å²) in [6.45, 7) is 1.97. The highest BCUT2D eigenvalue weighted by Gasteiger charge is 2.16. The van der Waals surface area contributed by atoms with E-state index in [9.17, 15) is 5.11 Å². The van der Waals surface area contributed by atoms with Gasteiger partial charge in [0.05, 0.1) is 0 Å². The van der Waals surface area contributed by atoms with Gasteiger partial charge in [0, 0.05) is 10.4 Å². The predicted octanol–water partition coefficient (Wildman–Crippen LogP) is 3.38. The number of thiophene rings is 1. The van der Waals surface area contributed by atoms with E-state index in [2.05, 4.69) is 0 Å². The van der Waals surface area contributed by atoms with Crippen LogP contribution in [0.4, 0.5) is 0 Å². The minimum Gasteiger partial charge on any atom is -0.447 e. The number of hydrogen-bond acceptors (Lipinski definition) is 3. The maximum absolute atomic E-state index is 9.93. The molecule has 74 valence electrons. The standard InChI is InChI=1S/C10H9ClO2S/c1-6-7(4-5-14-6)10(12)8-2-3-9(11)13-8/h2-5,10,12H,1H3. The van der Waals surface area contributed by atoms with Crippen LogP contribution in [0.1, 0.15) is 22.3 Å². The summed E-state index contributed by atoms with van der Waals surface area (Å²) >= 11 is 7.23. The lowest BCUT2D eigenvalue weighted by molar-refractivity contribution is 0.189. The van der Waals surface area contributed by atoms with E-state index in [0.29, 0.717) is 11.0 Å². The quantitative estimate of drug-likeness (QED) is 0.855. The lowest BCUT2D eigenvalue weighted by Crippen LogP contribution is -1.97. The van der Waals surface area contributed by atoms with Gasteiger partial charge in [0.2, 0.25) is 0 Å². The molecule has 0 aromatic carbocycles. The Balaban J connectivity index is 2.33. The first-order chi connectivity index (χ1) is 6.68. The van der Waals surface area contributed by atoms with Crippen molar-refractivity contribution in [1.82, 2.24) is 0 Å². The fraction of sp³-hybridized carbons (Fsp3) is 0.200. The second-order valence-electron chi connectivity index (χ2n) is 2.98. The summed E-state index contributed by atoms with van der Waals surface area (Å²) < 4.78 is 5.14. The molecule has 0 aliphatic heterocycles. The monoisotopic (exact) mass is 228 g/mol. The molecule has 1 unspecified atom stereocenters. The van der Waals surface area contributed by atoms with Crippen LogP contribution in [-0.4, -0.2) is 5.11 Å². The highest BCUT2D eigenvalue weighted by atomic mass is 35.5. The number of hydrogen-bond donors (Lipinski definition) is 1. The molecule has 0 saturated carbocycles. The van der Waals surface area contributed by atoms with Crippen LogP contribution in [0, 0.1) is 6.92 Å². The van der Waals surface area contributed by atoms with Crippen LogP contribution in [0.2, 0.25) is 5.22 Å². The Morgan fingerprint density at radius 1 is 1.43 bits per heavy atom. The van der Waals surface area contributed by atoms with Gasteiger partial charge >= 0.3 is 0 Å². The smallest absolute Gasteiger partial charge is 0.193 e. The highest BCUT2D eigenvalue weighted by molar-refractivity contribution is 7.10. The lowest BCUT2D eigenvalue weighted by Gasteiger charge is -2.06. The van der Waals surface area contributed by atoms with Crippen molar-refractivity contribution in [2.24, 2.45) is 0 Å². The van der Waals surface area contributed by atoms with Crippen molar-refractivity contribution in [3.63, 3.8) is 0 Å². The van der Waals surface area contributed by atoms with Crippen molar-refractivity contribution in [3.05, 3.63) is 45.0 Å². The summed E-state index contributed by atoms with van der Waals surface area (Å²) in [4.78, 5) is 1.09. The number of halogens is 1. The maximum Gasteiger partial charge on any atom is 0.193 e. The van der Waals surface area contributed by atoms with Gasteiger partial charge < -0.3 is 9.52 Å². The second kappa shape index (κ2) is 3.77. The Labute approximate surface area is 90.8 Å². The van der Waals surface area contributed by atoms with Crippen molar-refractivity contribution in [2.75, 3.05) is 0 Å². The molecule has 0 spiro atoms. The zero-order valence-corrected chi connectivity index (χ0v) is 9.10. The van der Waals surface area contributed by atoms with E-state index < -0.39 is 6.10 Å². The van der Waals surface area contributed by atoms with Crippen molar-refractivity contribution in [1.29, 1.82) is 0 Å². The molecule has 0 radical (unpaired) electrons. The Hall–Kier alpha value is -0.770. The Morgan fingerprint density at radius 2 is 2.21 bits per heavy atom. The minimum absolute atomic E-state index is 0.298. The van der Waals surface area contributed by atoms with E-state index in [0.717, 1.165) is 10.4 Å². The average Bonchev–Trinajstić information content (AvgIpc) is 2.73. The van der Waals surface area contributed by atoms with E-state index in [1.807, 2.05) is 18.4 Å². The molecular weight excluding hydrogens is 220 g/mol. The Bertz CT molecular complexity index is 433. The third-order valence-electron chi connectivity index (χ3n) is 2.06. The molecule has 2 aromatic heterocycles. The molecule has 2 rings (SSSR count). The predicted molar refractivity (Wildman–Crippen MR) is 56.8 cm³/mol. The van der Waals surface area contributed by atoms with Gasteiger partial charge in [-0.3, -0.25) is 0 Å². The third kappa shape index (κ3) is 1.71. The molecular formula is C10H9ClO2S. The van der Waals surface area contributed by atoms with Crippen LogP contribution in [0.3, 0.4) is 0 Å². The number of furan rings is 1. The molecule has 0 fully saturated rings. The SMILES string of the molecule is Cc1sccc1C(O)c1ccc(Cl)o1. The molecule has 14 heavy (non-hydrogen) atoms. The lowest BCUT2D eigenvalue weighted by atomic mass is 10.1. The molecule has 0 aliphatic rings. The van der Waals surface area contributed by atoms with Crippen molar-refractivity contribution >= 4 is 22.9 Å². The van der Waals surface area contributed by atoms with Crippen molar-refractivity contribution < 1.29 is 9.52 Å². The fourth-order valence-electron chi connectivity index (χ4n) is 1.31. The van der Waals surface area contributed by atoms with Crippen LogP contribution < -0.4 is 0 Å². The van der Waals surface area contributed by atoms with Crippen LogP contribution in [0.15, 0.2) is 28.0 Å². The summed E-state index contributed by atoms with van der Waals surface area (Å²) in [5.41, 5.74) is 0.876. The highest BCUT2D eigenvalue weighted by Crippen LogP contribution is 2.29. The fourth-order valence-corrected chi connectivity index (χ4v) is 2.19. The van der Waals surface area contributed by atoms with Crippen LogP contribution in [-0.2, 0) is 0 Å². The van der Waals surface area contributed by atoms with Gasteiger partial charge in [-0.1, -0.05) is 0 Å². The average molecular weight is 229 g/mol. The molecule has 0 aliphatic carbocycles. The van der Waals surface area contributed by atoms with Crippen LogP contribution in [0.25, 0.3) is 0 Å². The molecule has 2 heterocycles. The molecule has 0 amide bonds. The van der Waals surface area contributed by atoms with Gasteiger partial charge in [-0.2, -0.15) is 0 Å². The normalized spacial score (nSPS) is 13.1. The third-order valence-corrected chi connectivity index (χ3v) is 3.12. The number of aliphatic hydroxyl groups excluding tert-OH is 1. The first kappa shape index (κ1) is 9.77. The summed E-state index contributed by atoms with van der Waals surface area (Å²) in [6, 6.07) is 5.20. The zero-order chi connectivity index (χ0) is 10.1. The molecule has 2 aromatic rings. The molecule has 2 nitrogen and oxygen atoms in total. The molecule has 0 saturated heterocycles. The maximum atomic E-state index is 9.93. The van der Waals surface area contributed by atoms with E-state index in [4.69, 9.17) is 16.0 Å². The van der Waals surface area contributed by atoms with Gasteiger partial charge in [0.1, 0.15) is 11.9 Å². The van der Waals surface area contributed by atoms with Crippen molar-refractivity contribution in [3.8, 4) is 0 Å². The minimum atomic E-state index is -0.714. The summed E-state index contributed by atoms with van der Waals surface area (Å²) in [5, 5.41) is 12.2. The molecule has 1 N–H and O–H groups in total. The van der Waals surface area contributed by atoms with E-state index in [-0.39, 0.29) is 0 Å². The second-order valence-corrected chi connectivity index (χ2v) is 4.47. The van der Waals surface area contributed by atoms with Crippen LogP contribution >= 0.6 is 22.9 Å². The molecule has 4 heteroatoms. The summed E-state index contributed by atoms with van der Waals surface area (Å²) in [6.07, 6.45) is -0.714. The topological polar surface area (TPSA) is 33.4 Å².